The molecule has 0 spiro atoms. The van der Waals surface area contributed by atoms with Gasteiger partial charge in [0, 0.05) is 45.5 Å². The number of carbonyl (C=O) groups is 1. The first kappa shape index (κ1) is 20.2. The van der Waals surface area contributed by atoms with E-state index in [0.29, 0.717) is 37.8 Å². The number of anilines is 2. The number of benzene rings is 1. The maximum atomic E-state index is 12.6. The number of hydrogen-bond acceptors (Lipinski definition) is 8. The molecular formula is C21H27N5O4. The predicted octanol–water partition coefficient (Wildman–Crippen LogP) is 1.05. The average molecular weight is 413 g/mol. The van der Waals surface area contributed by atoms with Crippen LogP contribution < -0.4 is 19.3 Å². The fraction of sp³-hybridized carbons (Fsp3) is 0.476. The third-order valence-electron chi connectivity index (χ3n) is 5.30. The number of hydrogen-bond donors (Lipinski definition) is 0. The van der Waals surface area contributed by atoms with Gasteiger partial charge in [-0.3, -0.25) is 4.79 Å². The standard InChI is InChI=1S/C21H27N5O4/c1-28-17-4-2-3-5-18(17)30-16-20(27)25-10-8-24(9-11-25)19-6-7-22-21(23-19)26-12-14-29-15-13-26/h2-7H,8-16H2,1H3. The van der Waals surface area contributed by atoms with E-state index in [2.05, 4.69) is 14.8 Å². The van der Waals surface area contributed by atoms with Gasteiger partial charge in [0.15, 0.2) is 18.1 Å². The Labute approximate surface area is 176 Å². The quantitative estimate of drug-likeness (QED) is 0.695. The molecule has 9 heteroatoms. The molecule has 160 valence electrons. The van der Waals surface area contributed by atoms with Crippen LogP contribution in [0, 0.1) is 0 Å². The highest BCUT2D eigenvalue weighted by Crippen LogP contribution is 2.25. The Balaban J connectivity index is 1.30. The van der Waals surface area contributed by atoms with E-state index < -0.39 is 0 Å². The van der Waals surface area contributed by atoms with Gasteiger partial charge in [0.2, 0.25) is 5.95 Å². The first-order chi connectivity index (χ1) is 14.7. The number of amides is 1. The molecule has 4 rings (SSSR count). The van der Waals surface area contributed by atoms with Gasteiger partial charge < -0.3 is 28.9 Å². The van der Waals surface area contributed by atoms with Gasteiger partial charge in [-0.2, -0.15) is 4.98 Å². The van der Waals surface area contributed by atoms with Crippen molar-refractivity contribution in [3.8, 4) is 11.5 Å². The largest absolute Gasteiger partial charge is 0.493 e. The van der Waals surface area contributed by atoms with Crippen LogP contribution in [-0.2, 0) is 9.53 Å². The minimum absolute atomic E-state index is 0.00490. The summed E-state index contributed by atoms with van der Waals surface area (Å²) in [5, 5.41) is 0. The lowest BCUT2D eigenvalue weighted by Crippen LogP contribution is -2.50. The Morgan fingerprint density at radius 1 is 1.00 bits per heavy atom. The van der Waals surface area contributed by atoms with Crippen LogP contribution in [-0.4, -0.2) is 87.0 Å². The molecule has 1 amide bonds. The molecule has 30 heavy (non-hydrogen) atoms. The first-order valence-electron chi connectivity index (χ1n) is 10.2. The summed E-state index contributed by atoms with van der Waals surface area (Å²) in [5.74, 6) is 2.79. The summed E-state index contributed by atoms with van der Waals surface area (Å²) in [7, 11) is 1.58. The van der Waals surface area contributed by atoms with Crippen LogP contribution in [0.1, 0.15) is 0 Å². The fourth-order valence-electron chi connectivity index (χ4n) is 3.58. The van der Waals surface area contributed by atoms with Crippen molar-refractivity contribution >= 4 is 17.7 Å². The third-order valence-corrected chi connectivity index (χ3v) is 5.30. The molecule has 1 aromatic carbocycles. The smallest absolute Gasteiger partial charge is 0.260 e. The molecule has 2 aromatic rings. The Morgan fingerprint density at radius 2 is 1.73 bits per heavy atom. The summed E-state index contributed by atoms with van der Waals surface area (Å²) in [5.41, 5.74) is 0. The zero-order valence-corrected chi connectivity index (χ0v) is 17.2. The zero-order valence-electron chi connectivity index (χ0n) is 17.2. The van der Waals surface area contributed by atoms with Crippen molar-refractivity contribution in [1.29, 1.82) is 0 Å². The number of nitrogens with zero attached hydrogens (tertiary/aromatic N) is 5. The highest BCUT2D eigenvalue weighted by atomic mass is 16.5. The van der Waals surface area contributed by atoms with Crippen molar-refractivity contribution in [2.45, 2.75) is 0 Å². The van der Waals surface area contributed by atoms with Crippen LogP contribution in [0.25, 0.3) is 0 Å². The molecule has 0 aliphatic carbocycles. The lowest BCUT2D eigenvalue weighted by molar-refractivity contribution is -0.133. The molecule has 2 fully saturated rings. The molecule has 2 aliphatic heterocycles. The summed E-state index contributed by atoms with van der Waals surface area (Å²) in [6, 6.07) is 9.25. The second-order valence-electron chi connectivity index (χ2n) is 7.12. The molecule has 1 aromatic heterocycles. The number of aromatic nitrogens is 2. The third kappa shape index (κ3) is 4.73. The van der Waals surface area contributed by atoms with Crippen molar-refractivity contribution < 1.29 is 19.0 Å². The first-order valence-corrected chi connectivity index (χ1v) is 10.2. The number of piperazine rings is 1. The van der Waals surface area contributed by atoms with Crippen LogP contribution >= 0.6 is 0 Å². The van der Waals surface area contributed by atoms with Crippen LogP contribution in [0.3, 0.4) is 0 Å². The van der Waals surface area contributed by atoms with E-state index >= 15 is 0 Å². The van der Waals surface area contributed by atoms with E-state index in [-0.39, 0.29) is 12.5 Å². The van der Waals surface area contributed by atoms with Gasteiger partial charge in [0.1, 0.15) is 5.82 Å². The molecule has 9 nitrogen and oxygen atoms in total. The molecule has 0 N–H and O–H groups in total. The van der Waals surface area contributed by atoms with Gasteiger partial charge in [-0.15, -0.1) is 0 Å². The maximum Gasteiger partial charge on any atom is 0.260 e. The summed E-state index contributed by atoms with van der Waals surface area (Å²) < 4.78 is 16.3. The molecule has 0 unspecified atom stereocenters. The van der Waals surface area contributed by atoms with Gasteiger partial charge in [-0.25, -0.2) is 4.98 Å². The van der Waals surface area contributed by atoms with Crippen molar-refractivity contribution in [3.63, 3.8) is 0 Å². The molecule has 0 atom stereocenters. The maximum absolute atomic E-state index is 12.6. The van der Waals surface area contributed by atoms with Gasteiger partial charge in [-0.05, 0) is 18.2 Å². The Kier molecular flexibility index (Phi) is 6.48. The summed E-state index contributed by atoms with van der Waals surface area (Å²) in [6.45, 7) is 5.71. The molecule has 0 saturated carbocycles. The highest BCUT2D eigenvalue weighted by Gasteiger charge is 2.23. The van der Waals surface area contributed by atoms with Crippen molar-refractivity contribution in [2.24, 2.45) is 0 Å². The van der Waals surface area contributed by atoms with Gasteiger partial charge in [-0.1, -0.05) is 12.1 Å². The molecule has 3 heterocycles. The Hall–Kier alpha value is -3.07. The van der Waals surface area contributed by atoms with Crippen LogP contribution in [0.2, 0.25) is 0 Å². The van der Waals surface area contributed by atoms with Crippen LogP contribution in [0.5, 0.6) is 11.5 Å². The predicted molar refractivity (Wildman–Crippen MR) is 112 cm³/mol. The molecule has 2 aliphatic rings. The second-order valence-corrected chi connectivity index (χ2v) is 7.12. The number of carbonyl (C=O) groups excluding carboxylic acids is 1. The van der Waals surface area contributed by atoms with Crippen LogP contribution in [0.4, 0.5) is 11.8 Å². The average Bonchev–Trinajstić information content (AvgIpc) is 2.83. The minimum Gasteiger partial charge on any atom is -0.493 e. The molecular weight excluding hydrogens is 386 g/mol. The van der Waals surface area contributed by atoms with Gasteiger partial charge in [0.05, 0.1) is 20.3 Å². The van der Waals surface area contributed by atoms with E-state index in [1.807, 2.05) is 29.2 Å². The van der Waals surface area contributed by atoms with E-state index in [1.165, 1.54) is 0 Å². The van der Waals surface area contributed by atoms with E-state index in [4.69, 9.17) is 19.2 Å². The highest BCUT2D eigenvalue weighted by molar-refractivity contribution is 5.78. The Morgan fingerprint density at radius 3 is 2.47 bits per heavy atom. The number of morpholine rings is 1. The summed E-state index contributed by atoms with van der Waals surface area (Å²) in [6.07, 6.45) is 1.80. The molecule has 0 bridgehead atoms. The SMILES string of the molecule is COc1ccccc1OCC(=O)N1CCN(c2ccnc(N3CCOCC3)n2)CC1. The van der Waals surface area contributed by atoms with E-state index in [1.54, 1.807) is 19.4 Å². The number of ether oxygens (including phenoxy) is 3. The lowest BCUT2D eigenvalue weighted by Gasteiger charge is -2.35. The number of methoxy groups -OCH3 is 1. The monoisotopic (exact) mass is 413 g/mol. The van der Waals surface area contributed by atoms with Gasteiger partial charge in [0.25, 0.3) is 5.91 Å². The zero-order chi connectivity index (χ0) is 20.8. The summed E-state index contributed by atoms with van der Waals surface area (Å²) >= 11 is 0. The minimum atomic E-state index is -0.0303. The number of para-hydroxylation sites is 2. The topological polar surface area (TPSA) is 80.3 Å². The van der Waals surface area contributed by atoms with Gasteiger partial charge >= 0.3 is 0 Å². The van der Waals surface area contributed by atoms with E-state index in [0.717, 1.165) is 37.9 Å². The van der Waals surface area contributed by atoms with Crippen molar-refractivity contribution in [3.05, 3.63) is 36.5 Å². The summed E-state index contributed by atoms with van der Waals surface area (Å²) in [4.78, 5) is 27.9. The molecule has 0 radical (unpaired) electrons. The van der Waals surface area contributed by atoms with E-state index in [9.17, 15) is 4.79 Å². The second kappa shape index (κ2) is 9.62. The van der Waals surface area contributed by atoms with Crippen LogP contribution in [0.15, 0.2) is 36.5 Å². The van der Waals surface area contributed by atoms with Crippen molar-refractivity contribution in [2.75, 3.05) is 76.0 Å². The number of rotatable bonds is 6. The fourth-order valence-corrected chi connectivity index (χ4v) is 3.58. The van der Waals surface area contributed by atoms with Crippen molar-refractivity contribution in [1.82, 2.24) is 14.9 Å². The molecule has 2 saturated heterocycles. The normalized spacial score (nSPS) is 17.0. The Bertz CT molecular complexity index is 851. The lowest BCUT2D eigenvalue weighted by atomic mass is 10.3.